The molecule has 33 heavy (non-hydrogen) atoms. The topological polar surface area (TPSA) is 96.6 Å². The van der Waals surface area contributed by atoms with Gasteiger partial charge in [0.25, 0.3) is 5.91 Å². The SMILES string of the molecule is COc1cc(/C=C2/C(=N)N3N=C(C)SC3=NC2=O)cc(Cl)c1OCCOc1ccccc1Cl. The van der Waals surface area contributed by atoms with Crippen LogP contribution in [-0.4, -0.2) is 47.3 Å². The summed E-state index contributed by atoms with van der Waals surface area (Å²) in [5.41, 5.74) is 0.647. The van der Waals surface area contributed by atoms with Crippen molar-refractivity contribution in [3.05, 3.63) is 57.6 Å². The molecule has 11 heteroatoms. The van der Waals surface area contributed by atoms with Gasteiger partial charge in [0.2, 0.25) is 5.17 Å². The van der Waals surface area contributed by atoms with Crippen molar-refractivity contribution in [2.75, 3.05) is 20.3 Å². The van der Waals surface area contributed by atoms with Crippen LogP contribution in [0.15, 0.2) is 52.1 Å². The molecule has 0 unspecified atom stereocenters. The molecule has 0 atom stereocenters. The number of aliphatic imine (C=N–C) groups is 1. The number of thioether (sulfide) groups is 1. The standard InChI is InChI=1S/C22H18Cl2N4O4S/c1-12-27-28-20(25)14(21(29)26-22(28)33-12)9-13-10-16(24)19(18(11-13)30-2)32-8-7-31-17-6-4-3-5-15(17)23/h3-6,9-11,25H,7-8H2,1-2H3/b14-9-,25-20?. The summed E-state index contributed by atoms with van der Waals surface area (Å²) >= 11 is 13.8. The first kappa shape index (κ1) is 23.2. The molecule has 4 rings (SSSR count). The molecular formula is C22H18Cl2N4O4S. The Labute approximate surface area is 204 Å². The summed E-state index contributed by atoms with van der Waals surface area (Å²) in [6.45, 7) is 2.23. The fraction of sp³-hybridized carbons (Fsp3) is 0.182. The summed E-state index contributed by atoms with van der Waals surface area (Å²) in [5.74, 6) is 0.698. The molecule has 0 fully saturated rings. The third kappa shape index (κ3) is 5.00. The number of benzene rings is 2. The van der Waals surface area contributed by atoms with E-state index in [2.05, 4.69) is 10.1 Å². The van der Waals surface area contributed by atoms with Crippen LogP contribution in [0.25, 0.3) is 6.08 Å². The number of rotatable bonds is 7. The summed E-state index contributed by atoms with van der Waals surface area (Å²) in [5, 5.41) is 15.8. The number of halogens is 2. The highest BCUT2D eigenvalue weighted by atomic mass is 35.5. The van der Waals surface area contributed by atoms with Gasteiger partial charge in [0.15, 0.2) is 17.3 Å². The second-order valence-electron chi connectivity index (χ2n) is 6.80. The molecule has 0 aromatic heterocycles. The summed E-state index contributed by atoms with van der Waals surface area (Å²) in [6, 6.07) is 10.4. The molecule has 0 aliphatic carbocycles. The number of hydrogen-bond donors (Lipinski definition) is 1. The van der Waals surface area contributed by atoms with E-state index < -0.39 is 5.91 Å². The zero-order valence-electron chi connectivity index (χ0n) is 17.6. The van der Waals surface area contributed by atoms with E-state index in [4.69, 9.17) is 42.8 Å². The Bertz CT molecular complexity index is 1230. The highest BCUT2D eigenvalue weighted by Crippen LogP contribution is 2.37. The van der Waals surface area contributed by atoms with Crippen LogP contribution in [0.2, 0.25) is 10.0 Å². The van der Waals surface area contributed by atoms with E-state index in [1.54, 1.807) is 31.2 Å². The molecule has 2 aliphatic heterocycles. The molecule has 1 N–H and O–H groups in total. The van der Waals surface area contributed by atoms with Crippen LogP contribution in [0.4, 0.5) is 0 Å². The van der Waals surface area contributed by atoms with Gasteiger partial charge in [-0.05, 0) is 54.6 Å². The molecule has 170 valence electrons. The lowest BCUT2D eigenvalue weighted by Crippen LogP contribution is -2.35. The summed E-state index contributed by atoms with van der Waals surface area (Å²) in [6.07, 6.45) is 1.53. The summed E-state index contributed by atoms with van der Waals surface area (Å²) in [4.78, 5) is 16.5. The van der Waals surface area contributed by atoms with Crippen LogP contribution < -0.4 is 14.2 Å². The molecule has 2 aliphatic rings. The minimum Gasteiger partial charge on any atom is -0.493 e. The number of amides is 1. The van der Waals surface area contributed by atoms with E-state index in [0.29, 0.717) is 38.0 Å². The second kappa shape index (κ2) is 9.86. The van der Waals surface area contributed by atoms with Gasteiger partial charge in [-0.25, -0.2) is 0 Å². The van der Waals surface area contributed by atoms with Crippen molar-refractivity contribution in [3.8, 4) is 17.2 Å². The average molecular weight is 505 g/mol. The van der Waals surface area contributed by atoms with Gasteiger partial charge in [-0.2, -0.15) is 15.1 Å². The number of amidine groups is 2. The Morgan fingerprint density at radius 2 is 1.88 bits per heavy atom. The number of para-hydroxylation sites is 1. The Hall–Kier alpha value is -3.01. The van der Waals surface area contributed by atoms with Gasteiger partial charge in [0, 0.05) is 0 Å². The Morgan fingerprint density at radius 3 is 2.64 bits per heavy atom. The lowest BCUT2D eigenvalue weighted by Gasteiger charge is -2.20. The van der Waals surface area contributed by atoms with Gasteiger partial charge in [-0.3, -0.25) is 10.2 Å². The smallest absolute Gasteiger partial charge is 0.283 e. The molecule has 0 radical (unpaired) electrons. The fourth-order valence-electron chi connectivity index (χ4n) is 3.07. The third-order valence-electron chi connectivity index (χ3n) is 4.54. The quantitative estimate of drug-likeness (QED) is 0.416. The fourth-order valence-corrected chi connectivity index (χ4v) is 4.27. The number of nitrogens with one attached hydrogen (secondary N) is 1. The highest BCUT2D eigenvalue weighted by molar-refractivity contribution is 8.26. The van der Waals surface area contributed by atoms with Gasteiger partial charge in [0.05, 0.1) is 27.8 Å². The Morgan fingerprint density at radius 1 is 1.12 bits per heavy atom. The number of carbonyl (C=O) groups excluding carboxylic acids is 1. The van der Waals surface area contributed by atoms with Crippen LogP contribution in [-0.2, 0) is 4.79 Å². The molecule has 0 bridgehead atoms. The van der Waals surface area contributed by atoms with Crippen LogP contribution >= 0.6 is 35.0 Å². The van der Waals surface area contributed by atoms with Crippen LogP contribution in [0, 0.1) is 5.41 Å². The van der Waals surface area contributed by atoms with Crippen molar-refractivity contribution in [1.29, 1.82) is 5.41 Å². The first-order valence-corrected chi connectivity index (χ1v) is 11.3. The van der Waals surface area contributed by atoms with Gasteiger partial charge in [0.1, 0.15) is 19.0 Å². The third-order valence-corrected chi connectivity index (χ3v) is 5.96. The maximum absolute atomic E-state index is 12.5. The molecular weight excluding hydrogens is 487 g/mol. The second-order valence-corrected chi connectivity index (χ2v) is 8.77. The maximum Gasteiger partial charge on any atom is 0.283 e. The molecule has 2 aromatic carbocycles. The van der Waals surface area contributed by atoms with Gasteiger partial charge < -0.3 is 14.2 Å². The van der Waals surface area contributed by atoms with Gasteiger partial charge >= 0.3 is 0 Å². The molecule has 0 spiro atoms. The molecule has 2 aromatic rings. The molecule has 0 saturated carbocycles. The number of hydrogen-bond acceptors (Lipinski definition) is 7. The predicted molar refractivity (Wildman–Crippen MR) is 131 cm³/mol. The maximum atomic E-state index is 12.5. The highest BCUT2D eigenvalue weighted by Gasteiger charge is 2.34. The van der Waals surface area contributed by atoms with E-state index in [-0.39, 0.29) is 29.6 Å². The summed E-state index contributed by atoms with van der Waals surface area (Å²) in [7, 11) is 1.49. The number of methoxy groups -OCH3 is 1. The average Bonchev–Trinajstić information content (AvgIpc) is 3.16. The lowest BCUT2D eigenvalue weighted by molar-refractivity contribution is -0.114. The van der Waals surface area contributed by atoms with E-state index >= 15 is 0 Å². The first-order valence-electron chi connectivity index (χ1n) is 9.72. The largest absolute Gasteiger partial charge is 0.493 e. The Kier molecular flexibility index (Phi) is 6.92. The van der Waals surface area contributed by atoms with Crippen molar-refractivity contribution in [3.63, 3.8) is 0 Å². The number of carbonyl (C=O) groups is 1. The van der Waals surface area contributed by atoms with Crippen molar-refractivity contribution >= 4 is 63.0 Å². The van der Waals surface area contributed by atoms with Crippen molar-refractivity contribution < 1.29 is 19.0 Å². The van der Waals surface area contributed by atoms with Crippen molar-refractivity contribution in [2.45, 2.75) is 6.92 Å². The monoisotopic (exact) mass is 504 g/mol. The molecule has 0 saturated heterocycles. The Balaban J connectivity index is 1.50. The van der Waals surface area contributed by atoms with E-state index in [1.807, 2.05) is 12.1 Å². The first-order chi connectivity index (χ1) is 15.9. The zero-order chi connectivity index (χ0) is 23.5. The molecule has 8 nitrogen and oxygen atoms in total. The minimum absolute atomic E-state index is 0.0542. The van der Waals surface area contributed by atoms with Gasteiger partial charge in [-0.1, -0.05) is 35.3 Å². The van der Waals surface area contributed by atoms with Gasteiger partial charge in [-0.15, -0.1) is 0 Å². The predicted octanol–water partition coefficient (Wildman–Crippen LogP) is 5.10. The number of nitrogens with zero attached hydrogens (tertiary/aromatic N) is 3. The van der Waals surface area contributed by atoms with Crippen molar-refractivity contribution in [1.82, 2.24) is 5.01 Å². The number of fused-ring (bicyclic) bond motifs is 1. The lowest BCUT2D eigenvalue weighted by atomic mass is 10.1. The number of hydrazone groups is 1. The van der Waals surface area contributed by atoms with Crippen LogP contribution in [0.5, 0.6) is 17.2 Å². The molecule has 2 heterocycles. The van der Waals surface area contributed by atoms with Crippen molar-refractivity contribution in [2.24, 2.45) is 10.1 Å². The summed E-state index contributed by atoms with van der Waals surface area (Å²) < 4.78 is 16.8. The van der Waals surface area contributed by atoms with Crippen LogP contribution in [0.1, 0.15) is 12.5 Å². The minimum atomic E-state index is -0.518. The van der Waals surface area contributed by atoms with E-state index in [0.717, 1.165) is 0 Å². The van der Waals surface area contributed by atoms with E-state index in [1.165, 1.54) is 30.0 Å². The molecule has 1 amide bonds. The van der Waals surface area contributed by atoms with Crippen LogP contribution in [0.3, 0.4) is 0 Å². The zero-order valence-corrected chi connectivity index (χ0v) is 19.9. The van der Waals surface area contributed by atoms with E-state index in [9.17, 15) is 4.79 Å². The number of ether oxygens (including phenoxy) is 3. The normalized spacial score (nSPS) is 16.5.